The quantitative estimate of drug-likeness (QED) is 0.268. The Morgan fingerprint density at radius 3 is 2.62 bits per heavy atom. The third kappa shape index (κ3) is 4.92. The van der Waals surface area contributed by atoms with Crippen LogP contribution in [0.5, 0.6) is 6.01 Å². The molecule has 1 saturated carbocycles. The molecule has 2 aromatic carbocycles. The molecule has 8 rings (SSSR count). The molecule has 2 aromatic heterocycles. The first-order valence-corrected chi connectivity index (χ1v) is 15.7. The van der Waals surface area contributed by atoms with E-state index in [4.69, 9.17) is 31.5 Å². The van der Waals surface area contributed by atoms with E-state index in [1.165, 1.54) is 6.07 Å². The molecule has 3 saturated heterocycles. The maximum absolute atomic E-state index is 16.8. The first-order chi connectivity index (χ1) is 21.7. The minimum atomic E-state index is -0.795. The van der Waals surface area contributed by atoms with Crippen LogP contribution in [-0.4, -0.2) is 72.5 Å². The number of piperazine rings is 1. The Labute approximate surface area is 262 Å². The molecule has 234 valence electrons. The maximum Gasteiger partial charge on any atom is 0.319 e. The molecule has 0 amide bonds. The third-order valence-electron chi connectivity index (χ3n) is 9.80. The molecule has 3 N–H and O–H groups in total. The standard InChI is InChI=1S/C32H31ClF3N7O2/c33-22-9-20-27(26(36)25(22)19-3-4-23(35)28-24(19)21(10-37)29(38)45-28)40-31(41-30(20)43-12-17-1-2-18(13-43)39-17)44-15-32(6-7-32)14-42-8-5-16(34)11-42/h3-4,9,16-18,39H,1-2,5-8,11-15,38H2/t16-,17?,18?/m1/s1. The molecule has 4 fully saturated rings. The minimum absolute atomic E-state index is 0.00242. The topological polar surface area (TPSA) is 116 Å². The van der Waals surface area contributed by atoms with Crippen molar-refractivity contribution in [3.8, 4) is 23.2 Å². The summed E-state index contributed by atoms with van der Waals surface area (Å²) >= 11 is 6.80. The molecule has 2 bridgehead atoms. The van der Waals surface area contributed by atoms with Crippen LogP contribution >= 0.6 is 11.6 Å². The van der Waals surface area contributed by atoms with Crippen LogP contribution in [-0.2, 0) is 0 Å². The summed E-state index contributed by atoms with van der Waals surface area (Å²) in [4.78, 5) is 13.6. The number of nitrogens with one attached hydrogen (secondary N) is 1. The molecule has 2 unspecified atom stereocenters. The van der Waals surface area contributed by atoms with Crippen molar-refractivity contribution in [1.29, 1.82) is 5.26 Å². The lowest BCUT2D eigenvalue weighted by molar-refractivity contribution is 0.165. The number of nitrogens with zero attached hydrogens (tertiary/aromatic N) is 5. The van der Waals surface area contributed by atoms with E-state index in [0.717, 1.165) is 44.8 Å². The van der Waals surface area contributed by atoms with Crippen molar-refractivity contribution in [2.45, 2.75) is 50.4 Å². The zero-order chi connectivity index (χ0) is 31.0. The molecular weight excluding hydrogens is 607 g/mol. The van der Waals surface area contributed by atoms with Gasteiger partial charge < -0.3 is 25.1 Å². The third-order valence-corrected chi connectivity index (χ3v) is 10.1. The second-order valence-electron chi connectivity index (χ2n) is 13.0. The number of fused-ring (bicyclic) bond motifs is 4. The molecule has 3 aliphatic heterocycles. The number of aromatic nitrogens is 2. The number of nitriles is 1. The van der Waals surface area contributed by atoms with Crippen LogP contribution in [0, 0.1) is 28.4 Å². The van der Waals surface area contributed by atoms with Crippen molar-refractivity contribution in [3.63, 3.8) is 0 Å². The van der Waals surface area contributed by atoms with Gasteiger partial charge in [-0.05, 0) is 49.8 Å². The van der Waals surface area contributed by atoms with Crippen LogP contribution in [0.2, 0.25) is 5.02 Å². The molecule has 1 aliphatic carbocycles. The van der Waals surface area contributed by atoms with Crippen LogP contribution in [0.4, 0.5) is 24.9 Å². The summed E-state index contributed by atoms with van der Waals surface area (Å²) in [6, 6.07) is 6.65. The van der Waals surface area contributed by atoms with Gasteiger partial charge in [0.05, 0.1) is 17.0 Å². The lowest BCUT2D eigenvalue weighted by Crippen LogP contribution is -2.51. The lowest BCUT2D eigenvalue weighted by Gasteiger charge is -2.34. The molecule has 0 radical (unpaired) electrons. The van der Waals surface area contributed by atoms with Gasteiger partial charge in [-0.3, -0.25) is 4.90 Å². The normalized spacial score (nSPS) is 24.1. The first kappa shape index (κ1) is 28.7. The van der Waals surface area contributed by atoms with Crippen molar-refractivity contribution in [2.75, 3.05) is 50.0 Å². The van der Waals surface area contributed by atoms with E-state index in [9.17, 15) is 14.0 Å². The van der Waals surface area contributed by atoms with Gasteiger partial charge in [-0.1, -0.05) is 17.7 Å². The summed E-state index contributed by atoms with van der Waals surface area (Å²) in [6.07, 6.45) is 3.74. The van der Waals surface area contributed by atoms with E-state index in [2.05, 4.69) is 20.1 Å². The van der Waals surface area contributed by atoms with Crippen LogP contribution in [0.15, 0.2) is 22.6 Å². The van der Waals surface area contributed by atoms with Gasteiger partial charge >= 0.3 is 6.01 Å². The van der Waals surface area contributed by atoms with Gasteiger partial charge in [0.15, 0.2) is 17.2 Å². The fourth-order valence-corrected chi connectivity index (χ4v) is 7.63. The van der Waals surface area contributed by atoms with Gasteiger partial charge in [0, 0.05) is 61.2 Å². The number of rotatable bonds is 7. The Morgan fingerprint density at radius 2 is 1.93 bits per heavy atom. The zero-order valence-electron chi connectivity index (χ0n) is 24.4. The average molecular weight is 638 g/mol. The minimum Gasteiger partial charge on any atom is -0.463 e. The van der Waals surface area contributed by atoms with Gasteiger partial charge in [0.25, 0.3) is 0 Å². The van der Waals surface area contributed by atoms with E-state index in [1.807, 2.05) is 6.07 Å². The second kappa shape index (κ2) is 10.6. The smallest absolute Gasteiger partial charge is 0.319 e. The second-order valence-corrected chi connectivity index (χ2v) is 13.4. The number of hydrogen-bond acceptors (Lipinski definition) is 9. The Kier molecular flexibility index (Phi) is 6.78. The monoisotopic (exact) mass is 637 g/mol. The van der Waals surface area contributed by atoms with Gasteiger partial charge in [-0.2, -0.15) is 15.2 Å². The lowest BCUT2D eigenvalue weighted by atomic mass is 9.97. The summed E-state index contributed by atoms with van der Waals surface area (Å²) in [5.41, 5.74) is 5.49. The van der Waals surface area contributed by atoms with Crippen LogP contribution in [0.1, 0.15) is 37.7 Å². The largest absolute Gasteiger partial charge is 0.463 e. The number of likely N-dealkylation sites (tertiary alicyclic amines) is 1. The van der Waals surface area contributed by atoms with Gasteiger partial charge in [0.2, 0.25) is 5.88 Å². The molecule has 4 aliphatic rings. The fourth-order valence-electron chi connectivity index (χ4n) is 7.34. The van der Waals surface area contributed by atoms with E-state index in [-0.39, 0.29) is 67.6 Å². The Balaban J connectivity index is 1.23. The molecule has 3 atom stereocenters. The first-order valence-electron chi connectivity index (χ1n) is 15.3. The highest BCUT2D eigenvalue weighted by molar-refractivity contribution is 6.35. The Morgan fingerprint density at radius 1 is 1.16 bits per heavy atom. The molecule has 0 spiro atoms. The van der Waals surface area contributed by atoms with Gasteiger partial charge in [0.1, 0.15) is 29.1 Å². The molecule has 13 heteroatoms. The number of ether oxygens (including phenoxy) is 1. The number of furan rings is 1. The van der Waals surface area contributed by atoms with Crippen molar-refractivity contribution >= 4 is 45.2 Å². The zero-order valence-corrected chi connectivity index (χ0v) is 25.1. The predicted octanol–water partition coefficient (Wildman–Crippen LogP) is 5.57. The van der Waals surface area contributed by atoms with Crippen molar-refractivity contribution < 1.29 is 22.3 Å². The van der Waals surface area contributed by atoms with E-state index >= 15 is 4.39 Å². The summed E-state index contributed by atoms with van der Waals surface area (Å²) in [5, 5.41) is 13.9. The number of benzene rings is 2. The molecule has 5 heterocycles. The predicted molar refractivity (Wildman–Crippen MR) is 164 cm³/mol. The summed E-state index contributed by atoms with van der Waals surface area (Å²) in [6.45, 7) is 3.60. The van der Waals surface area contributed by atoms with Crippen LogP contribution in [0.3, 0.4) is 0 Å². The number of nitrogen functional groups attached to an aromatic ring is 1. The number of alkyl halides is 1. The van der Waals surface area contributed by atoms with Crippen LogP contribution < -0.4 is 20.7 Å². The summed E-state index contributed by atoms with van der Waals surface area (Å²) < 4.78 is 57.0. The highest BCUT2D eigenvalue weighted by Crippen LogP contribution is 2.48. The molecular formula is C32H31ClF3N7O2. The van der Waals surface area contributed by atoms with Crippen molar-refractivity contribution in [2.24, 2.45) is 5.41 Å². The van der Waals surface area contributed by atoms with Crippen molar-refractivity contribution in [1.82, 2.24) is 20.2 Å². The number of anilines is 2. The molecule has 9 nitrogen and oxygen atoms in total. The van der Waals surface area contributed by atoms with Gasteiger partial charge in [-0.15, -0.1) is 0 Å². The van der Waals surface area contributed by atoms with E-state index < -0.39 is 17.8 Å². The summed E-state index contributed by atoms with van der Waals surface area (Å²) in [5.74, 6) is -1.24. The Hall–Kier alpha value is -3.79. The number of halogens is 4. The number of hydrogen-bond donors (Lipinski definition) is 2. The summed E-state index contributed by atoms with van der Waals surface area (Å²) in [7, 11) is 0. The molecule has 45 heavy (non-hydrogen) atoms. The highest BCUT2D eigenvalue weighted by Gasteiger charge is 2.46. The highest BCUT2D eigenvalue weighted by atomic mass is 35.5. The van der Waals surface area contributed by atoms with E-state index in [0.29, 0.717) is 43.9 Å². The number of nitrogens with two attached hydrogens (primary N) is 1. The maximum atomic E-state index is 16.8. The fraction of sp³-hybridized carbons (Fsp3) is 0.469. The SMILES string of the molecule is N#Cc1c(N)oc2c(F)ccc(-c3c(Cl)cc4c(N5CC6CCC(C5)N6)nc(OCC5(CN6CC[C@@H](F)C6)CC5)nc4c3F)c12. The Bertz CT molecular complexity index is 1880. The van der Waals surface area contributed by atoms with Crippen molar-refractivity contribution in [3.05, 3.63) is 40.4 Å². The van der Waals surface area contributed by atoms with Gasteiger partial charge in [-0.25, -0.2) is 13.2 Å². The average Bonchev–Trinajstić information content (AvgIpc) is 3.31. The van der Waals surface area contributed by atoms with Crippen LogP contribution in [0.25, 0.3) is 33.0 Å². The molecule has 4 aromatic rings. The van der Waals surface area contributed by atoms with E-state index in [1.54, 1.807) is 6.07 Å².